The van der Waals surface area contributed by atoms with Crippen molar-refractivity contribution in [2.45, 2.75) is 0 Å². The zero-order chi connectivity index (χ0) is 21.4. The number of benzene rings is 4. The molecule has 33 heavy (non-hydrogen) atoms. The van der Waals surface area contributed by atoms with Crippen LogP contribution < -0.4 is 0 Å². The first-order valence-electron chi connectivity index (χ1n) is 11.2. The summed E-state index contributed by atoms with van der Waals surface area (Å²) in [6.07, 6.45) is 0. The van der Waals surface area contributed by atoms with Gasteiger partial charge in [-0.25, -0.2) is 0 Å². The maximum absolute atomic E-state index is 6.58. The van der Waals surface area contributed by atoms with Crippen molar-refractivity contribution >= 4 is 82.2 Å². The first-order chi connectivity index (χ1) is 16.3. The average molecular weight is 424 g/mol. The third-order valence-electron chi connectivity index (χ3n) is 7.48. The Morgan fingerprint density at radius 1 is 0.545 bits per heavy atom. The zero-order valence-electron chi connectivity index (χ0n) is 17.7. The lowest BCUT2D eigenvalue weighted by Crippen LogP contribution is -1.88. The van der Waals surface area contributed by atoms with E-state index in [9.17, 15) is 0 Å². The second-order valence-electron chi connectivity index (χ2n) is 9.00. The van der Waals surface area contributed by atoms with Crippen molar-refractivity contribution in [3.63, 3.8) is 0 Å². The van der Waals surface area contributed by atoms with Gasteiger partial charge in [0.1, 0.15) is 16.7 Å². The molecule has 4 aromatic carbocycles. The van der Waals surface area contributed by atoms with E-state index in [-0.39, 0.29) is 0 Å². The Morgan fingerprint density at radius 3 is 2.15 bits per heavy atom. The number of aromatic nitrogens is 2. The molecule has 154 valence electrons. The predicted octanol–water partition coefficient (Wildman–Crippen LogP) is 7.97. The summed E-state index contributed by atoms with van der Waals surface area (Å²) < 4.78 is 17.8. The van der Waals surface area contributed by atoms with Crippen LogP contribution in [0.4, 0.5) is 0 Å². The molecular formula is C29H16N2O2. The molecule has 0 aliphatic rings. The van der Waals surface area contributed by atoms with Crippen molar-refractivity contribution in [3.05, 3.63) is 78.9 Å². The van der Waals surface area contributed by atoms with Gasteiger partial charge in [0.2, 0.25) is 5.71 Å². The second-order valence-corrected chi connectivity index (χ2v) is 9.00. The van der Waals surface area contributed by atoms with Crippen LogP contribution in [0, 0.1) is 0 Å². The Hall–Kier alpha value is -4.44. The Kier molecular flexibility index (Phi) is 2.52. The molecule has 0 unspecified atom stereocenters. The molecule has 0 aliphatic carbocycles. The van der Waals surface area contributed by atoms with Crippen LogP contribution in [0.5, 0.6) is 0 Å². The van der Waals surface area contributed by atoms with E-state index >= 15 is 0 Å². The van der Waals surface area contributed by atoms with Crippen LogP contribution in [-0.2, 0) is 7.05 Å². The summed E-state index contributed by atoms with van der Waals surface area (Å²) in [5.41, 5.74) is 8.22. The minimum absolute atomic E-state index is 0.872. The van der Waals surface area contributed by atoms with Crippen LogP contribution in [0.15, 0.2) is 87.7 Å². The topological polar surface area (TPSA) is 35.6 Å². The van der Waals surface area contributed by atoms with Gasteiger partial charge < -0.3 is 13.4 Å². The van der Waals surface area contributed by atoms with E-state index in [1.807, 2.05) is 24.3 Å². The van der Waals surface area contributed by atoms with Crippen LogP contribution in [0.25, 0.3) is 82.2 Å². The van der Waals surface area contributed by atoms with Crippen molar-refractivity contribution in [3.8, 4) is 0 Å². The molecular weight excluding hydrogens is 408 g/mol. The molecule has 0 fully saturated rings. The fraction of sp³-hybridized carbons (Fsp3) is 0.0345. The van der Waals surface area contributed by atoms with Crippen LogP contribution in [-0.4, -0.2) is 8.97 Å². The molecule has 0 N–H and O–H groups in total. The molecule has 0 aliphatic heterocycles. The Labute approximate surface area is 186 Å². The van der Waals surface area contributed by atoms with Gasteiger partial charge in [0, 0.05) is 44.9 Å². The zero-order valence-corrected chi connectivity index (χ0v) is 17.7. The van der Waals surface area contributed by atoms with E-state index in [4.69, 9.17) is 8.83 Å². The van der Waals surface area contributed by atoms with Crippen molar-refractivity contribution in [2.75, 3.05) is 0 Å². The number of furan rings is 2. The minimum atomic E-state index is 0.872. The molecule has 0 amide bonds. The number of hydrogen-bond acceptors (Lipinski definition) is 2. The van der Waals surface area contributed by atoms with Crippen LogP contribution in [0.2, 0.25) is 0 Å². The number of nitrogens with zero attached hydrogens (tertiary/aromatic N) is 2. The quantitative estimate of drug-likeness (QED) is 0.247. The Morgan fingerprint density at radius 2 is 1.27 bits per heavy atom. The minimum Gasteiger partial charge on any atom is -0.454 e. The van der Waals surface area contributed by atoms with Crippen LogP contribution >= 0.6 is 0 Å². The van der Waals surface area contributed by atoms with Gasteiger partial charge >= 0.3 is 0 Å². The molecule has 9 rings (SSSR count). The number of hydrogen-bond donors (Lipinski definition) is 0. The highest BCUT2D eigenvalue weighted by Gasteiger charge is 2.26. The summed E-state index contributed by atoms with van der Waals surface area (Å²) >= 11 is 0. The normalized spacial score (nSPS) is 13.0. The van der Waals surface area contributed by atoms with Crippen molar-refractivity contribution in [1.29, 1.82) is 0 Å². The van der Waals surface area contributed by atoms with E-state index in [0.717, 1.165) is 49.5 Å². The summed E-state index contributed by atoms with van der Waals surface area (Å²) in [6.45, 7) is 0. The van der Waals surface area contributed by atoms with Gasteiger partial charge in [0.15, 0.2) is 5.58 Å². The third-order valence-corrected chi connectivity index (χ3v) is 7.48. The molecule has 0 atom stereocenters. The smallest absolute Gasteiger partial charge is 0.213 e. The summed E-state index contributed by atoms with van der Waals surface area (Å²) in [5, 5.41) is 8.24. The highest BCUT2D eigenvalue weighted by Crippen LogP contribution is 2.47. The van der Waals surface area contributed by atoms with E-state index < -0.39 is 0 Å². The Balaban J connectivity index is 1.81. The van der Waals surface area contributed by atoms with Crippen LogP contribution in [0.3, 0.4) is 0 Å². The van der Waals surface area contributed by atoms with Crippen molar-refractivity contribution in [2.24, 2.45) is 7.05 Å². The van der Waals surface area contributed by atoms with Gasteiger partial charge in [-0.3, -0.25) is 4.40 Å². The van der Waals surface area contributed by atoms with Gasteiger partial charge in [-0.2, -0.15) is 0 Å². The van der Waals surface area contributed by atoms with Gasteiger partial charge in [-0.15, -0.1) is 0 Å². The number of rotatable bonds is 0. The lowest BCUT2D eigenvalue weighted by molar-refractivity contribution is 0.650. The molecule has 0 saturated heterocycles. The van der Waals surface area contributed by atoms with E-state index in [1.165, 1.54) is 32.7 Å². The SMILES string of the molecule is Cn1c2cccc3c4oc5ccccc5c4n4c5oc6ccccc6c5c5ccc1c(c32)c54. The van der Waals surface area contributed by atoms with Gasteiger partial charge in [0.05, 0.1) is 16.4 Å². The van der Waals surface area contributed by atoms with Gasteiger partial charge in [-0.05, 0) is 36.4 Å². The molecule has 5 heterocycles. The average Bonchev–Trinajstić information content (AvgIpc) is 3.55. The highest BCUT2D eigenvalue weighted by atomic mass is 16.3. The van der Waals surface area contributed by atoms with Crippen LogP contribution in [0.1, 0.15) is 0 Å². The predicted molar refractivity (Wildman–Crippen MR) is 135 cm³/mol. The Bertz CT molecular complexity index is 2250. The molecule has 0 spiro atoms. The standard InChI is InChI=1S/C29H16N2O2/c1-30-19-10-6-9-18-24(19)25-20(30)14-13-17-23-15-7-2-4-11-21(15)33-29(23)31(26(17)25)27-16-8-3-5-12-22(16)32-28(18)27/h2-14H,1H3. The molecule has 9 aromatic rings. The molecule has 4 heteroatoms. The van der Waals surface area contributed by atoms with E-state index in [1.54, 1.807) is 0 Å². The number of aryl methyl sites for hydroxylation is 1. The number of fused-ring (bicyclic) bond motifs is 10. The first-order valence-corrected chi connectivity index (χ1v) is 11.2. The third kappa shape index (κ3) is 1.65. The molecule has 0 bridgehead atoms. The summed E-state index contributed by atoms with van der Waals surface area (Å²) in [5.74, 6) is 0. The lowest BCUT2D eigenvalue weighted by Gasteiger charge is -2.01. The summed E-state index contributed by atoms with van der Waals surface area (Å²) in [4.78, 5) is 0. The molecule has 0 radical (unpaired) electrons. The maximum atomic E-state index is 6.58. The lowest BCUT2D eigenvalue weighted by atomic mass is 10.1. The summed E-state index contributed by atoms with van der Waals surface area (Å²) in [7, 11) is 2.15. The maximum Gasteiger partial charge on any atom is 0.213 e. The van der Waals surface area contributed by atoms with E-state index in [2.05, 4.69) is 70.6 Å². The molecule has 5 aromatic heterocycles. The fourth-order valence-corrected chi connectivity index (χ4v) is 6.14. The largest absolute Gasteiger partial charge is 0.454 e. The number of para-hydroxylation sites is 2. The van der Waals surface area contributed by atoms with Crippen molar-refractivity contribution < 1.29 is 8.83 Å². The molecule has 4 nitrogen and oxygen atoms in total. The monoisotopic (exact) mass is 424 g/mol. The van der Waals surface area contributed by atoms with Gasteiger partial charge in [-0.1, -0.05) is 42.5 Å². The highest BCUT2D eigenvalue weighted by molar-refractivity contribution is 6.35. The second kappa shape index (κ2) is 5.13. The first kappa shape index (κ1) is 16.2. The fourth-order valence-electron chi connectivity index (χ4n) is 6.14. The van der Waals surface area contributed by atoms with E-state index in [0.29, 0.717) is 0 Å². The van der Waals surface area contributed by atoms with Crippen molar-refractivity contribution in [1.82, 2.24) is 8.97 Å². The summed E-state index contributed by atoms with van der Waals surface area (Å²) in [6, 6.07) is 27.6. The molecule has 0 saturated carbocycles. The van der Waals surface area contributed by atoms with Gasteiger partial charge in [0.25, 0.3) is 0 Å².